The lowest BCUT2D eigenvalue weighted by atomic mass is 10.1. The molecule has 0 aliphatic carbocycles. The Hall–Kier alpha value is -3.81. The van der Waals surface area contributed by atoms with E-state index in [-0.39, 0.29) is 5.69 Å². The summed E-state index contributed by atoms with van der Waals surface area (Å²) in [5, 5.41) is 10.9. The Morgan fingerprint density at radius 2 is 1.97 bits per heavy atom. The number of hydrogen-bond donors (Lipinski definition) is 2. The van der Waals surface area contributed by atoms with Crippen LogP contribution < -0.4 is 19.6 Å². The predicted octanol–water partition coefficient (Wildman–Crippen LogP) is 3.26. The zero-order chi connectivity index (χ0) is 20.6. The molecule has 29 heavy (non-hydrogen) atoms. The molecule has 1 amide bonds. The fraction of sp³-hybridized carbons (Fsp3) is 0.190. The Balaban J connectivity index is 1.73. The van der Waals surface area contributed by atoms with Gasteiger partial charge in [-0.15, -0.1) is 0 Å². The topological polar surface area (TPSA) is 97.8 Å². The number of para-hydroxylation sites is 1. The number of aromatic amines is 1. The first-order valence-electron chi connectivity index (χ1n) is 8.99. The third-order valence-electron chi connectivity index (χ3n) is 4.09. The second-order valence-electron chi connectivity index (χ2n) is 5.90. The van der Waals surface area contributed by atoms with Crippen LogP contribution in [0.3, 0.4) is 0 Å². The average molecular weight is 394 g/mol. The molecule has 1 heterocycles. The third kappa shape index (κ3) is 4.73. The number of hydrazone groups is 1. The van der Waals surface area contributed by atoms with Gasteiger partial charge in [0.05, 0.1) is 32.7 Å². The van der Waals surface area contributed by atoms with Gasteiger partial charge in [-0.2, -0.15) is 10.2 Å². The summed E-state index contributed by atoms with van der Waals surface area (Å²) in [6.07, 6.45) is 1.49. The van der Waals surface area contributed by atoms with Crippen molar-refractivity contribution in [3.05, 3.63) is 59.8 Å². The number of ether oxygens (including phenoxy) is 3. The molecule has 0 radical (unpaired) electrons. The van der Waals surface area contributed by atoms with E-state index in [4.69, 9.17) is 14.2 Å². The van der Waals surface area contributed by atoms with Gasteiger partial charge in [-0.3, -0.25) is 9.89 Å². The number of H-pyrrole nitrogens is 1. The van der Waals surface area contributed by atoms with Gasteiger partial charge in [-0.05, 0) is 43.3 Å². The smallest absolute Gasteiger partial charge is 0.289 e. The minimum atomic E-state index is -0.421. The second kappa shape index (κ2) is 9.41. The van der Waals surface area contributed by atoms with Crippen molar-refractivity contribution in [2.75, 3.05) is 20.8 Å². The van der Waals surface area contributed by atoms with Gasteiger partial charge in [0.1, 0.15) is 22.9 Å². The largest absolute Gasteiger partial charge is 0.497 e. The molecule has 1 aromatic heterocycles. The summed E-state index contributed by atoms with van der Waals surface area (Å²) in [4.78, 5) is 12.4. The maximum Gasteiger partial charge on any atom is 0.289 e. The van der Waals surface area contributed by atoms with Crippen LogP contribution in [0.1, 0.15) is 23.0 Å². The molecule has 0 fully saturated rings. The van der Waals surface area contributed by atoms with Crippen LogP contribution >= 0.6 is 0 Å². The quantitative estimate of drug-likeness (QED) is 0.451. The monoisotopic (exact) mass is 394 g/mol. The molecule has 0 aliphatic rings. The number of methoxy groups -OCH3 is 2. The first kappa shape index (κ1) is 19.9. The number of aromatic nitrogens is 2. The maximum absolute atomic E-state index is 12.4. The van der Waals surface area contributed by atoms with Crippen molar-refractivity contribution >= 4 is 12.1 Å². The SMILES string of the molecule is CCOc1ccccc1-c1cc(C(=O)N/N=C\c2cc(OC)ccc2OC)[nH]n1. The Bertz CT molecular complexity index is 1010. The van der Waals surface area contributed by atoms with Crippen LogP contribution in [0, 0.1) is 0 Å². The lowest BCUT2D eigenvalue weighted by molar-refractivity contribution is 0.0950. The molecule has 8 nitrogen and oxygen atoms in total. The van der Waals surface area contributed by atoms with Crippen LogP contribution in [-0.2, 0) is 0 Å². The van der Waals surface area contributed by atoms with E-state index in [1.165, 1.54) is 6.21 Å². The highest BCUT2D eigenvalue weighted by Crippen LogP contribution is 2.28. The molecule has 0 spiro atoms. The van der Waals surface area contributed by atoms with Gasteiger partial charge in [0.2, 0.25) is 0 Å². The van der Waals surface area contributed by atoms with Crippen LogP contribution in [0.2, 0.25) is 0 Å². The minimum absolute atomic E-state index is 0.279. The molecule has 8 heteroatoms. The maximum atomic E-state index is 12.4. The summed E-state index contributed by atoms with van der Waals surface area (Å²) in [5.74, 6) is 1.55. The number of amides is 1. The number of benzene rings is 2. The number of nitrogens with one attached hydrogen (secondary N) is 2. The first-order valence-corrected chi connectivity index (χ1v) is 8.99. The molecule has 0 saturated carbocycles. The summed E-state index contributed by atoms with van der Waals surface area (Å²) >= 11 is 0. The van der Waals surface area contributed by atoms with Crippen LogP contribution in [0.25, 0.3) is 11.3 Å². The van der Waals surface area contributed by atoms with E-state index < -0.39 is 5.91 Å². The lowest BCUT2D eigenvalue weighted by Crippen LogP contribution is -2.18. The standard InChI is InChI=1S/C21H22N4O4/c1-4-29-20-8-6-5-7-16(20)17-12-18(24-23-17)21(26)25-22-13-14-11-15(27-2)9-10-19(14)28-3/h5-13H,4H2,1-3H3,(H,23,24)(H,25,26)/b22-13-. The van der Waals surface area contributed by atoms with Gasteiger partial charge in [0.15, 0.2) is 0 Å². The number of nitrogens with zero attached hydrogens (tertiary/aromatic N) is 2. The second-order valence-corrected chi connectivity index (χ2v) is 5.90. The zero-order valence-corrected chi connectivity index (χ0v) is 16.4. The average Bonchev–Trinajstić information content (AvgIpc) is 3.24. The normalized spacial score (nSPS) is 10.7. The fourth-order valence-electron chi connectivity index (χ4n) is 2.70. The lowest BCUT2D eigenvalue weighted by Gasteiger charge is -2.07. The van der Waals surface area contributed by atoms with E-state index in [1.54, 1.807) is 38.5 Å². The summed E-state index contributed by atoms with van der Waals surface area (Å²) in [6.45, 7) is 2.45. The Kier molecular flexibility index (Phi) is 6.47. The molecular weight excluding hydrogens is 372 g/mol. The van der Waals surface area contributed by atoms with Crippen LogP contribution in [-0.4, -0.2) is 43.1 Å². The highest BCUT2D eigenvalue weighted by Gasteiger charge is 2.13. The Morgan fingerprint density at radius 1 is 1.14 bits per heavy atom. The Morgan fingerprint density at radius 3 is 2.72 bits per heavy atom. The minimum Gasteiger partial charge on any atom is -0.497 e. The molecule has 2 aromatic carbocycles. The molecular formula is C21H22N4O4. The van der Waals surface area contributed by atoms with Crippen LogP contribution in [0.15, 0.2) is 53.6 Å². The Labute approximate surface area is 168 Å². The number of carbonyl (C=O) groups excluding carboxylic acids is 1. The molecule has 0 bridgehead atoms. The van der Waals surface area contributed by atoms with Crippen molar-refractivity contribution in [1.29, 1.82) is 0 Å². The van der Waals surface area contributed by atoms with Crippen molar-refractivity contribution in [3.63, 3.8) is 0 Å². The molecule has 150 valence electrons. The predicted molar refractivity (Wildman–Crippen MR) is 110 cm³/mol. The summed E-state index contributed by atoms with van der Waals surface area (Å²) in [6, 6.07) is 14.5. The van der Waals surface area contributed by atoms with E-state index in [9.17, 15) is 4.79 Å². The molecule has 0 saturated heterocycles. The van der Waals surface area contributed by atoms with Gasteiger partial charge < -0.3 is 14.2 Å². The molecule has 0 atom stereocenters. The first-order chi connectivity index (χ1) is 14.2. The molecule has 2 N–H and O–H groups in total. The third-order valence-corrected chi connectivity index (χ3v) is 4.09. The summed E-state index contributed by atoms with van der Waals surface area (Å²) in [5.41, 5.74) is 4.83. The van der Waals surface area contributed by atoms with Crippen molar-refractivity contribution < 1.29 is 19.0 Å². The van der Waals surface area contributed by atoms with E-state index in [2.05, 4.69) is 20.7 Å². The number of hydrogen-bond acceptors (Lipinski definition) is 6. The van der Waals surface area contributed by atoms with Gasteiger partial charge in [0, 0.05) is 11.1 Å². The highest BCUT2D eigenvalue weighted by molar-refractivity contribution is 5.94. The fourth-order valence-corrected chi connectivity index (χ4v) is 2.70. The van der Waals surface area contributed by atoms with Gasteiger partial charge in [-0.25, -0.2) is 5.43 Å². The zero-order valence-electron chi connectivity index (χ0n) is 16.4. The molecule has 3 aromatic rings. The van der Waals surface area contributed by atoms with Crippen molar-refractivity contribution in [3.8, 4) is 28.5 Å². The van der Waals surface area contributed by atoms with E-state index in [0.717, 1.165) is 5.56 Å². The van der Waals surface area contributed by atoms with Crippen molar-refractivity contribution in [1.82, 2.24) is 15.6 Å². The van der Waals surface area contributed by atoms with Gasteiger partial charge >= 0.3 is 0 Å². The van der Waals surface area contributed by atoms with Gasteiger partial charge in [-0.1, -0.05) is 12.1 Å². The highest BCUT2D eigenvalue weighted by atomic mass is 16.5. The van der Waals surface area contributed by atoms with Crippen molar-refractivity contribution in [2.45, 2.75) is 6.92 Å². The summed E-state index contributed by atoms with van der Waals surface area (Å²) in [7, 11) is 3.13. The number of rotatable bonds is 8. The van der Waals surface area contributed by atoms with Crippen LogP contribution in [0.5, 0.6) is 17.2 Å². The van der Waals surface area contributed by atoms with Gasteiger partial charge in [0.25, 0.3) is 5.91 Å². The van der Waals surface area contributed by atoms with Crippen LogP contribution in [0.4, 0.5) is 0 Å². The molecule has 0 aliphatic heterocycles. The van der Waals surface area contributed by atoms with E-state index in [0.29, 0.717) is 35.1 Å². The van der Waals surface area contributed by atoms with Crippen molar-refractivity contribution in [2.24, 2.45) is 5.10 Å². The molecule has 0 unspecified atom stereocenters. The van der Waals surface area contributed by atoms with E-state index in [1.807, 2.05) is 31.2 Å². The van der Waals surface area contributed by atoms with E-state index >= 15 is 0 Å². The number of carbonyl (C=O) groups is 1. The summed E-state index contributed by atoms with van der Waals surface area (Å²) < 4.78 is 16.1. The molecule has 3 rings (SSSR count).